The molecule has 1 aliphatic rings. The second kappa shape index (κ2) is 4.76. The molecule has 2 rings (SSSR count). The summed E-state index contributed by atoms with van der Waals surface area (Å²) in [6.07, 6.45) is 3.15. The molecule has 0 radical (unpaired) electrons. The maximum Gasteiger partial charge on any atom is 0.308 e. The van der Waals surface area contributed by atoms with Crippen LogP contribution in [0.15, 0.2) is 0 Å². The summed E-state index contributed by atoms with van der Waals surface area (Å²) in [5.74, 6) is -1.27. The van der Waals surface area contributed by atoms with Gasteiger partial charge in [0.05, 0.1) is 11.5 Å². The molecule has 1 atom stereocenters. The Balaban J connectivity index is 2.12. The largest absolute Gasteiger partial charge is 0.481 e. The number of thiophene rings is 1. The van der Waals surface area contributed by atoms with Crippen molar-refractivity contribution in [2.45, 2.75) is 26.2 Å². The fourth-order valence-electron chi connectivity index (χ4n) is 1.98. The highest BCUT2D eigenvalue weighted by Gasteiger charge is 2.22. The van der Waals surface area contributed by atoms with Gasteiger partial charge in [0.25, 0.3) is 0 Å². The summed E-state index contributed by atoms with van der Waals surface area (Å²) in [5, 5.41) is 21.9. The van der Waals surface area contributed by atoms with Gasteiger partial charge in [0.1, 0.15) is 11.1 Å². The molecule has 0 aliphatic heterocycles. The smallest absolute Gasteiger partial charge is 0.308 e. The van der Waals surface area contributed by atoms with Crippen LogP contribution in [0.2, 0.25) is 0 Å². The standard InChI is InChI=1S/C12H14N2O2S/c1-7(12(15)16)6-14-11-9(5-13)8-3-2-4-10(8)17-11/h7,14H,2-4,6H2,1H3,(H,15,16). The molecule has 1 aromatic heterocycles. The van der Waals surface area contributed by atoms with Crippen LogP contribution >= 0.6 is 11.3 Å². The molecule has 1 aliphatic carbocycles. The molecule has 5 heteroatoms. The molecular weight excluding hydrogens is 236 g/mol. The summed E-state index contributed by atoms with van der Waals surface area (Å²) in [6, 6.07) is 2.23. The van der Waals surface area contributed by atoms with Crippen LogP contribution in [0.5, 0.6) is 0 Å². The number of fused-ring (bicyclic) bond motifs is 1. The molecule has 0 saturated heterocycles. The number of nitrogens with zero attached hydrogens (tertiary/aromatic N) is 1. The number of aliphatic carboxylic acids is 1. The topological polar surface area (TPSA) is 73.1 Å². The van der Waals surface area contributed by atoms with Crippen LogP contribution < -0.4 is 5.32 Å². The Morgan fingerprint density at radius 2 is 2.41 bits per heavy atom. The van der Waals surface area contributed by atoms with E-state index in [1.807, 2.05) is 0 Å². The third-order valence-electron chi connectivity index (χ3n) is 3.02. The predicted octanol–water partition coefficient (Wildman–Crippen LogP) is 2.24. The Bertz CT molecular complexity index is 487. The highest BCUT2D eigenvalue weighted by molar-refractivity contribution is 7.16. The Hall–Kier alpha value is -1.54. The molecule has 0 bridgehead atoms. The van der Waals surface area contributed by atoms with E-state index in [0.717, 1.165) is 29.8 Å². The number of nitrogens with one attached hydrogen (secondary N) is 1. The van der Waals surface area contributed by atoms with Crippen molar-refractivity contribution in [1.82, 2.24) is 0 Å². The van der Waals surface area contributed by atoms with E-state index in [4.69, 9.17) is 10.4 Å². The van der Waals surface area contributed by atoms with Gasteiger partial charge in [-0.15, -0.1) is 11.3 Å². The summed E-state index contributed by atoms with van der Waals surface area (Å²) in [7, 11) is 0. The molecule has 1 unspecified atom stereocenters. The Morgan fingerprint density at radius 3 is 3.06 bits per heavy atom. The van der Waals surface area contributed by atoms with E-state index in [0.29, 0.717) is 6.54 Å². The third-order valence-corrected chi connectivity index (χ3v) is 4.27. The van der Waals surface area contributed by atoms with Crippen molar-refractivity contribution in [3.05, 3.63) is 16.0 Å². The van der Waals surface area contributed by atoms with Crippen molar-refractivity contribution in [2.75, 3.05) is 11.9 Å². The van der Waals surface area contributed by atoms with Crippen LogP contribution in [0, 0.1) is 17.2 Å². The molecule has 0 amide bonds. The first-order valence-corrected chi connectivity index (χ1v) is 6.46. The predicted molar refractivity (Wildman–Crippen MR) is 66.3 cm³/mol. The van der Waals surface area contributed by atoms with Gasteiger partial charge in [0.2, 0.25) is 0 Å². The Kier molecular flexibility index (Phi) is 3.34. The number of hydrogen-bond acceptors (Lipinski definition) is 4. The second-order valence-electron chi connectivity index (χ2n) is 4.29. The maximum atomic E-state index is 10.7. The van der Waals surface area contributed by atoms with Crippen LogP contribution in [0.1, 0.15) is 29.3 Å². The van der Waals surface area contributed by atoms with Crippen molar-refractivity contribution < 1.29 is 9.90 Å². The summed E-state index contributed by atoms with van der Waals surface area (Å²) in [4.78, 5) is 12.0. The van der Waals surface area contributed by atoms with E-state index in [2.05, 4.69) is 11.4 Å². The Labute approximate surface area is 104 Å². The normalized spacial score (nSPS) is 15.1. The Morgan fingerprint density at radius 1 is 1.65 bits per heavy atom. The lowest BCUT2D eigenvalue weighted by molar-refractivity contribution is -0.140. The lowest BCUT2D eigenvalue weighted by Gasteiger charge is -2.08. The minimum atomic E-state index is -0.819. The first-order chi connectivity index (χ1) is 8.13. The first kappa shape index (κ1) is 11.9. The monoisotopic (exact) mass is 250 g/mol. The molecule has 2 N–H and O–H groups in total. The van der Waals surface area contributed by atoms with Crippen molar-refractivity contribution in [3.63, 3.8) is 0 Å². The maximum absolute atomic E-state index is 10.7. The van der Waals surface area contributed by atoms with Gasteiger partial charge in [-0.1, -0.05) is 6.92 Å². The van der Waals surface area contributed by atoms with Gasteiger partial charge >= 0.3 is 5.97 Å². The van der Waals surface area contributed by atoms with Crippen LogP contribution in [-0.4, -0.2) is 17.6 Å². The third kappa shape index (κ3) is 2.27. The highest BCUT2D eigenvalue weighted by atomic mass is 32.1. The zero-order valence-electron chi connectivity index (χ0n) is 9.62. The van der Waals surface area contributed by atoms with E-state index >= 15 is 0 Å². The van der Waals surface area contributed by atoms with Gasteiger partial charge in [0, 0.05) is 11.4 Å². The van der Waals surface area contributed by atoms with Crippen LogP contribution in [0.4, 0.5) is 5.00 Å². The van der Waals surface area contributed by atoms with E-state index in [1.54, 1.807) is 18.3 Å². The molecule has 0 saturated carbocycles. The lowest BCUT2D eigenvalue weighted by atomic mass is 10.1. The molecular formula is C12H14N2O2S. The van der Waals surface area contributed by atoms with Gasteiger partial charge in [0.15, 0.2) is 0 Å². The van der Waals surface area contributed by atoms with E-state index < -0.39 is 11.9 Å². The zero-order valence-corrected chi connectivity index (χ0v) is 10.4. The molecule has 0 fully saturated rings. The summed E-state index contributed by atoms with van der Waals surface area (Å²) >= 11 is 1.60. The molecule has 0 aromatic carbocycles. The first-order valence-electron chi connectivity index (χ1n) is 5.64. The molecule has 90 valence electrons. The number of carbonyl (C=O) groups is 1. The van der Waals surface area contributed by atoms with Crippen molar-refractivity contribution in [2.24, 2.45) is 5.92 Å². The fourth-order valence-corrected chi connectivity index (χ4v) is 3.23. The van der Waals surface area contributed by atoms with Gasteiger partial charge in [-0.3, -0.25) is 4.79 Å². The van der Waals surface area contributed by atoms with Gasteiger partial charge in [-0.05, 0) is 24.8 Å². The second-order valence-corrected chi connectivity index (χ2v) is 5.40. The molecule has 17 heavy (non-hydrogen) atoms. The molecule has 0 spiro atoms. The van der Waals surface area contributed by atoms with E-state index in [-0.39, 0.29) is 0 Å². The minimum absolute atomic E-state index is 0.364. The minimum Gasteiger partial charge on any atom is -0.481 e. The number of hydrogen-bond donors (Lipinski definition) is 2. The lowest BCUT2D eigenvalue weighted by Crippen LogP contribution is -2.19. The molecule has 1 aromatic rings. The van der Waals surface area contributed by atoms with Crippen LogP contribution in [0.3, 0.4) is 0 Å². The van der Waals surface area contributed by atoms with Crippen molar-refractivity contribution >= 4 is 22.3 Å². The quantitative estimate of drug-likeness (QED) is 0.859. The number of carboxylic acid groups (broad SMARTS) is 1. The summed E-state index contributed by atoms with van der Waals surface area (Å²) in [5.41, 5.74) is 1.89. The highest BCUT2D eigenvalue weighted by Crippen LogP contribution is 2.38. The number of aryl methyl sites for hydroxylation is 1. The SMILES string of the molecule is CC(CNc1sc2c(c1C#N)CCC2)C(=O)O. The zero-order chi connectivity index (χ0) is 12.4. The number of rotatable bonds is 4. The van der Waals surface area contributed by atoms with Crippen LogP contribution in [-0.2, 0) is 17.6 Å². The van der Waals surface area contributed by atoms with Gasteiger partial charge in [-0.25, -0.2) is 0 Å². The molecule has 1 heterocycles. The van der Waals surface area contributed by atoms with E-state index in [9.17, 15) is 4.79 Å². The fraction of sp³-hybridized carbons (Fsp3) is 0.500. The number of carboxylic acids is 1. The van der Waals surface area contributed by atoms with Gasteiger partial charge in [-0.2, -0.15) is 5.26 Å². The van der Waals surface area contributed by atoms with Crippen molar-refractivity contribution in [1.29, 1.82) is 5.26 Å². The average molecular weight is 250 g/mol. The summed E-state index contributed by atoms with van der Waals surface area (Å²) in [6.45, 7) is 2.02. The van der Waals surface area contributed by atoms with Gasteiger partial charge < -0.3 is 10.4 Å². The summed E-state index contributed by atoms with van der Waals surface area (Å²) < 4.78 is 0. The number of anilines is 1. The molecule has 4 nitrogen and oxygen atoms in total. The van der Waals surface area contributed by atoms with Crippen molar-refractivity contribution in [3.8, 4) is 6.07 Å². The average Bonchev–Trinajstić information content (AvgIpc) is 2.84. The number of nitriles is 1. The van der Waals surface area contributed by atoms with Crippen LogP contribution in [0.25, 0.3) is 0 Å². The van der Waals surface area contributed by atoms with E-state index in [1.165, 1.54) is 10.4 Å².